The third-order valence-electron chi connectivity index (χ3n) is 4.91. The summed E-state index contributed by atoms with van der Waals surface area (Å²) in [4.78, 5) is 24.5. The number of benzene rings is 1. The fourth-order valence-electron chi connectivity index (χ4n) is 3.08. The Morgan fingerprint density at radius 2 is 1.97 bits per heavy atom. The van der Waals surface area contributed by atoms with Crippen LogP contribution in [-0.4, -0.2) is 50.3 Å². The van der Waals surface area contributed by atoms with E-state index in [0.29, 0.717) is 17.3 Å². The zero-order chi connectivity index (χ0) is 21.5. The molecule has 0 fully saturated rings. The second kappa shape index (κ2) is 10.00. The van der Waals surface area contributed by atoms with Crippen LogP contribution in [-0.2, 0) is 0 Å². The number of nitrogens with zero attached hydrogens (tertiary/aromatic N) is 2. The number of anilines is 1. The Labute approximate surface area is 175 Å². The average molecular weight is 409 g/mol. The first-order valence-corrected chi connectivity index (χ1v) is 9.92. The van der Waals surface area contributed by atoms with Crippen LogP contribution in [0.2, 0.25) is 0 Å². The fraction of sp³-hybridized carbons (Fsp3) is 0.318. The maximum Gasteiger partial charge on any atom is 0.268 e. The Kier molecular flexibility index (Phi) is 7.16. The van der Waals surface area contributed by atoms with Gasteiger partial charge >= 0.3 is 0 Å². The third-order valence-corrected chi connectivity index (χ3v) is 4.91. The van der Waals surface area contributed by atoms with Crippen LogP contribution in [0.25, 0.3) is 11.3 Å². The molecule has 0 spiro atoms. The van der Waals surface area contributed by atoms with Crippen molar-refractivity contribution in [3.8, 4) is 11.3 Å². The number of aromatic amines is 1. The summed E-state index contributed by atoms with van der Waals surface area (Å²) in [7, 11) is 0. The van der Waals surface area contributed by atoms with E-state index in [1.165, 1.54) is 0 Å². The highest BCUT2D eigenvalue weighted by molar-refractivity contribution is 5.94. The summed E-state index contributed by atoms with van der Waals surface area (Å²) < 4.78 is 0. The summed E-state index contributed by atoms with van der Waals surface area (Å²) in [6.45, 7) is 3.65. The van der Waals surface area contributed by atoms with Crippen molar-refractivity contribution in [2.75, 3.05) is 18.5 Å². The van der Waals surface area contributed by atoms with Gasteiger partial charge in [-0.15, -0.1) is 0 Å². The first-order chi connectivity index (χ1) is 14.5. The van der Waals surface area contributed by atoms with Crippen LogP contribution >= 0.6 is 0 Å². The lowest BCUT2D eigenvalue weighted by Crippen LogP contribution is -2.30. The highest BCUT2D eigenvalue weighted by atomic mass is 16.3. The van der Waals surface area contributed by atoms with Crippen LogP contribution < -0.4 is 10.6 Å². The monoisotopic (exact) mass is 409 g/mol. The molecule has 0 radical (unpaired) electrons. The van der Waals surface area contributed by atoms with Gasteiger partial charge < -0.3 is 25.8 Å². The quantitative estimate of drug-likeness (QED) is 0.370. The molecule has 3 aromatic rings. The molecule has 8 heteroatoms. The highest BCUT2D eigenvalue weighted by Gasteiger charge is 2.18. The zero-order valence-corrected chi connectivity index (χ0v) is 17.1. The minimum atomic E-state index is -0.494. The smallest absolute Gasteiger partial charge is 0.268 e. The van der Waals surface area contributed by atoms with Gasteiger partial charge in [0.15, 0.2) is 0 Å². The maximum atomic E-state index is 12.7. The zero-order valence-electron chi connectivity index (χ0n) is 17.1. The van der Waals surface area contributed by atoms with E-state index < -0.39 is 6.04 Å². The number of nitrogens with one attached hydrogen (secondary N) is 3. The molecule has 158 valence electrons. The molecule has 0 aliphatic heterocycles. The Bertz CT molecular complexity index is 970. The van der Waals surface area contributed by atoms with E-state index in [1.54, 1.807) is 18.5 Å². The van der Waals surface area contributed by atoms with Crippen LogP contribution in [0.4, 0.5) is 5.95 Å². The number of amides is 1. The SMILES string of the molecule is CCC(CO)Nc1ncc(C)c(-c2c[nH]c(C(=O)NC(CO)c3ccccc3)c2)n1. The van der Waals surface area contributed by atoms with Gasteiger partial charge in [0.1, 0.15) is 5.69 Å². The Balaban J connectivity index is 1.78. The van der Waals surface area contributed by atoms with Crippen molar-refractivity contribution >= 4 is 11.9 Å². The molecular weight excluding hydrogens is 382 g/mol. The Hall–Kier alpha value is -3.23. The van der Waals surface area contributed by atoms with Gasteiger partial charge in [-0.3, -0.25) is 4.79 Å². The molecule has 3 rings (SSSR count). The molecule has 2 heterocycles. The standard InChI is InChI=1S/C22H27N5O3/c1-3-17(12-28)25-22-24-10-14(2)20(27-22)16-9-18(23-11-16)21(30)26-19(13-29)15-7-5-4-6-8-15/h4-11,17,19,23,28-29H,3,12-13H2,1-2H3,(H,26,30)(H,24,25,27). The van der Waals surface area contributed by atoms with Crippen LogP contribution in [0.5, 0.6) is 0 Å². The van der Waals surface area contributed by atoms with Crippen LogP contribution in [0.1, 0.15) is 41.0 Å². The topological polar surface area (TPSA) is 123 Å². The van der Waals surface area contributed by atoms with Gasteiger partial charge in [-0.2, -0.15) is 0 Å². The van der Waals surface area contributed by atoms with Gasteiger partial charge in [0.2, 0.25) is 5.95 Å². The minimum Gasteiger partial charge on any atom is -0.394 e. The molecule has 1 amide bonds. The van der Waals surface area contributed by atoms with Crippen molar-refractivity contribution in [3.05, 3.63) is 65.6 Å². The molecule has 0 saturated heterocycles. The Morgan fingerprint density at radius 1 is 1.20 bits per heavy atom. The molecule has 30 heavy (non-hydrogen) atoms. The second-order valence-corrected chi connectivity index (χ2v) is 7.08. The van der Waals surface area contributed by atoms with E-state index in [4.69, 9.17) is 0 Å². The fourth-order valence-corrected chi connectivity index (χ4v) is 3.08. The predicted octanol–water partition coefficient (Wildman–Crippen LogP) is 2.43. The third kappa shape index (κ3) is 5.03. The van der Waals surface area contributed by atoms with Crippen LogP contribution in [0.15, 0.2) is 48.8 Å². The number of carbonyl (C=O) groups excluding carboxylic acids is 1. The molecule has 2 aromatic heterocycles. The minimum absolute atomic E-state index is 0.00895. The summed E-state index contributed by atoms with van der Waals surface area (Å²) in [5.74, 6) is 0.105. The van der Waals surface area contributed by atoms with Crippen molar-refractivity contribution in [3.63, 3.8) is 0 Å². The number of aromatic nitrogens is 3. The molecule has 0 aliphatic rings. The number of hydrogen-bond acceptors (Lipinski definition) is 6. The molecule has 5 N–H and O–H groups in total. The van der Waals surface area contributed by atoms with E-state index in [-0.39, 0.29) is 25.2 Å². The summed E-state index contributed by atoms with van der Waals surface area (Å²) in [5, 5.41) is 25.0. The van der Waals surface area contributed by atoms with E-state index in [0.717, 1.165) is 23.1 Å². The van der Waals surface area contributed by atoms with E-state index in [9.17, 15) is 15.0 Å². The summed E-state index contributed by atoms with van der Waals surface area (Å²) in [6, 6.07) is 10.4. The van der Waals surface area contributed by atoms with E-state index >= 15 is 0 Å². The summed E-state index contributed by atoms with van der Waals surface area (Å²) in [6.07, 6.45) is 4.16. The van der Waals surface area contributed by atoms with Crippen molar-refractivity contribution in [1.29, 1.82) is 0 Å². The van der Waals surface area contributed by atoms with Gasteiger partial charge in [0, 0.05) is 18.0 Å². The van der Waals surface area contributed by atoms with Crippen molar-refractivity contribution in [1.82, 2.24) is 20.3 Å². The molecule has 1 aromatic carbocycles. The maximum absolute atomic E-state index is 12.7. The number of rotatable bonds is 9. The van der Waals surface area contributed by atoms with E-state index in [2.05, 4.69) is 25.6 Å². The number of hydrogen-bond donors (Lipinski definition) is 5. The number of H-pyrrole nitrogens is 1. The summed E-state index contributed by atoms with van der Waals surface area (Å²) in [5.41, 5.74) is 3.50. The van der Waals surface area contributed by atoms with Gasteiger partial charge in [-0.25, -0.2) is 9.97 Å². The first-order valence-electron chi connectivity index (χ1n) is 9.92. The van der Waals surface area contributed by atoms with Gasteiger partial charge in [0.05, 0.1) is 31.0 Å². The van der Waals surface area contributed by atoms with Crippen LogP contribution in [0, 0.1) is 6.92 Å². The number of carbonyl (C=O) groups is 1. The lowest BCUT2D eigenvalue weighted by molar-refractivity contribution is 0.0911. The number of aryl methyl sites for hydroxylation is 1. The van der Waals surface area contributed by atoms with Crippen LogP contribution in [0.3, 0.4) is 0 Å². The predicted molar refractivity (Wildman–Crippen MR) is 115 cm³/mol. The molecule has 8 nitrogen and oxygen atoms in total. The molecule has 2 atom stereocenters. The van der Waals surface area contributed by atoms with Crippen molar-refractivity contribution < 1.29 is 15.0 Å². The van der Waals surface area contributed by atoms with Crippen molar-refractivity contribution in [2.45, 2.75) is 32.4 Å². The molecule has 2 unspecified atom stereocenters. The highest BCUT2D eigenvalue weighted by Crippen LogP contribution is 2.23. The Morgan fingerprint density at radius 3 is 2.63 bits per heavy atom. The average Bonchev–Trinajstić information content (AvgIpc) is 3.27. The summed E-state index contributed by atoms with van der Waals surface area (Å²) >= 11 is 0. The largest absolute Gasteiger partial charge is 0.394 e. The molecule has 0 aliphatic carbocycles. The lowest BCUT2D eigenvalue weighted by Gasteiger charge is -2.16. The lowest BCUT2D eigenvalue weighted by atomic mass is 10.1. The number of aliphatic hydroxyl groups excluding tert-OH is 2. The first kappa shape index (κ1) is 21.5. The second-order valence-electron chi connectivity index (χ2n) is 7.08. The number of aliphatic hydroxyl groups is 2. The van der Waals surface area contributed by atoms with Gasteiger partial charge in [-0.1, -0.05) is 37.3 Å². The normalized spacial score (nSPS) is 12.9. The van der Waals surface area contributed by atoms with E-state index in [1.807, 2.05) is 44.2 Å². The molecule has 0 bridgehead atoms. The van der Waals surface area contributed by atoms with Gasteiger partial charge in [0.25, 0.3) is 5.91 Å². The van der Waals surface area contributed by atoms with Crippen molar-refractivity contribution in [2.24, 2.45) is 0 Å². The molecule has 0 saturated carbocycles. The molecular formula is C22H27N5O3. The van der Waals surface area contributed by atoms with Gasteiger partial charge in [-0.05, 0) is 30.5 Å².